The minimum atomic E-state index is -0.430. The third kappa shape index (κ3) is 5.10. The molecular weight excluding hydrogens is 370 g/mol. The molecule has 2 aromatic carbocycles. The molecule has 0 unspecified atom stereocenters. The molecular formula is C22H21N3O4. The van der Waals surface area contributed by atoms with E-state index in [-0.39, 0.29) is 5.91 Å². The first-order valence-corrected chi connectivity index (χ1v) is 9.09. The van der Waals surface area contributed by atoms with Crippen molar-refractivity contribution in [2.75, 3.05) is 6.61 Å². The molecule has 7 nitrogen and oxygen atoms in total. The number of amides is 1. The number of ether oxygens (including phenoxy) is 2. The molecule has 0 bridgehead atoms. The zero-order chi connectivity index (χ0) is 20.6. The van der Waals surface area contributed by atoms with Crippen molar-refractivity contribution in [2.45, 2.75) is 13.8 Å². The quantitative estimate of drug-likeness (QED) is 0.289. The number of para-hydroxylation sites is 1. The Balaban J connectivity index is 1.74. The first-order valence-electron chi connectivity index (χ1n) is 9.09. The van der Waals surface area contributed by atoms with Gasteiger partial charge in [0.1, 0.15) is 0 Å². The average Bonchev–Trinajstić information content (AvgIpc) is 3.24. The number of nitrogens with one attached hydrogen (secondary N) is 1. The highest BCUT2D eigenvalue weighted by atomic mass is 16.6. The Morgan fingerprint density at radius 2 is 1.83 bits per heavy atom. The number of hydrazone groups is 1. The molecule has 0 fully saturated rings. The summed E-state index contributed by atoms with van der Waals surface area (Å²) in [5, 5.41) is 4.04. The molecule has 29 heavy (non-hydrogen) atoms. The highest BCUT2D eigenvalue weighted by Gasteiger charge is 2.11. The van der Waals surface area contributed by atoms with Crippen LogP contribution in [0.25, 0.3) is 5.69 Å². The number of hydrogen-bond acceptors (Lipinski definition) is 5. The van der Waals surface area contributed by atoms with Crippen molar-refractivity contribution in [3.05, 3.63) is 78.1 Å². The van der Waals surface area contributed by atoms with Crippen molar-refractivity contribution >= 4 is 18.1 Å². The Morgan fingerprint density at radius 1 is 1.07 bits per heavy atom. The van der Waals surface area contributed by atoms with Gasteiger partial charge in [0, 0.05) is 19.3 Å². The summed E-state index contributed by atoms with van der Waals surface area (Å²) in [4.78, 5) is 23.8. The molecule has 3 aromatic rings. The number of carbonyl (C=O) groups excluding carboxylic acids is 2. The predicted octanol–water partition coefficient (Wildman–Crippen LogP) is 3.57. The lowest BCUT2D eigenvalue weighted by atomic mass is 10.1. The summed E-state index contributed by atoms with van der Waals surface area (Å²) in [6, 6.07) is 16.1. The zero-order valence-electron chi connectivity index (χ0n) is 16.2. The van der Waals surface area contributed by atoms with Crippen LogP contribution < -0.4 is 14.9 Å². The van der Waals surface area contributed by atoms with Gasteiger partial charge in [0.15, 0.2) is 11.5 Å². The van der Waals surface area contributed by atoms with Gasteiger partial charge in [0.2, 0.25) is 0 Å². The summed E-state index contributed by atoms with van der Waals surface area (Å²) in [5.74, 6) is 0.00483. The van der Waals surface area contributed by atoms with Crippen molar-refractivity contribution in [1.82, 2.24) is 9.99 Å². The third-order valence-electron chi connectivity index (χ3n) is 3.93. The van der Waals surface area contributed by atoms with Gasteiger partial charge in [-0.1, -0.05) is 12.1 Å². The topological polar surface area (TPSA) is 81.9 Å². The summed E-state index contributed by atoms with van der Waals surface area (Å²) in [7, 11) is 0. The van der Waals surface area contributed by atoms with Gasteiger partial charge in [-0.05, 0) is 55.0 Å². The number of rotatable bonds is 7. The van der Waals surface area contributed by atoms with Gasteiger partial charge in [-0.2, -0.15) is 5.10 Å². The zero-order valence-corrected chi connectivity index (χ0v) is 16.2. The molecule has 148 valence electrons. The van der Waals surface area contributed by atoms with Gasteiger partial charge in [0.05, 0.1) is 24.1 Å². The van der Waals surface area contributed by atoms with Crippen LogP contribution in [0.2, 0.25) is 0 Å². The van der Waals surface area contributed by atoms with Crippen molar-refractivity contribution in [3.8, 4) is 17.2 Å². The molecule has 0 aliphatic carbocycles. The van der Waals surface area contributed by atoms with Crippen LogP contribution in [0.15, 0.2) is 72.1 Å². The largest absolute Gasteiger partial charge is 0.490 e. The standard InChI is InChI=1S/C22H21N3O4/c1-3-28-21-14-17(10-11-20(21)29-16(2)26)15-23-24-22(27)18-8-4-5-9-19(18)25-12-6-7-13-25/h4-15H,3H2,1-2H3,(H,24,27)/b23-15-. The minimum Gasteiger partial charge on any atom is -0.490 e. The monoisotopic (exact) mass is 391 g/mol. The molecule has 1 heterocycles. The van der Waals surface area contributed by atoms with Crippen LogP contribution in [0.5, 0.6) is 11.5 Å². The Morgan fingerprint density at radius 3 is 2.55 bits per heavy atom. The lowest BCUT2D eigenvalue weighted by Gasteiger charge is -2.10. The molecule has 0 aliphatic heterocycles. The first kappa shape index (κ1) is 19.9. The van der Waals surface area contributed by atoms with E-state index < -0.39 is 5.97 Å². The highest BCUT2D eigenvalue weighted by molar-refractivity contribution is 5.98. The van der Waals surface area contributed by atoms with E-state index in [2.05, 4.69) is 10.5 Å². The van der Waals surface area contributed by atoms with Gasteiger partial charge < -0.3 is 14.0 Å². The fourth-order valence-corrected chi connectivity index (χ4v) is 2.72. The fourth-order valence-electron chi connectivity index (χ4n) is 2.72. The van der Waals surface area contributed by atoms with Crippen LogP contribution in [0.4, 0.5) is 0 Å². The van der Waals surface area contributed by atoms with Crippen LogP contribution in [-0.2, 0) is 4.79 Å². The Hall–Kier alpha value is -3.87. The second kappa shape index (κ2) is 9.36. The van der Waals surface area contributed by atoms with E-state index in [0.717, 1.165) is 5.69 Å². The second-order valence-electron chi connectivity index (χ2n) is 6.04. The van der Waals surface area contributed by atoms with Crippen molar-refractivity contribution in [2.24, 2.45) is 5.10 Å². The fraction of sp³-hybridized carbons (Fsp3) is 0.136. The normalized spacial score (nSPS) is 10.7. The lowest BCUT2D eigenvalue weighted by molar-refractivity contribution is -0.132. The van der Waals surface area contributed by atoms with Crippen LogP contribution in [0.3, 0.4) is 0 Å². The number of aromatic nitrogens is 1. The van der Waals surface area contributed by atoms with Crippen molar-refractivity contribution in [1.29, 1.82) is 0 Å². The maximum atomic E-state index is 12.6. The van der Waals surface area contributed by atoms with E-state index in [1.165, 1.54) is 13.1 Å². The molecule has 3 rings (SSSR count). The summed E-state index contributed by atoms with van der Waals surface area (Å²) >= 11 is 0. The summed E-state index contributed by atoms with van der Waals surface area (Å²) in [6.45, 7) is 3.58. The van der Waals surface area contributed by atoms with Gasteiger partial charge in [-0.25, -0.2) is 5.43 Å². The number of nitrogens with zero attached hydrogens (tertiary/aromatic N) is 2. The van der Waals surface area contributed by atoms with E-state index in [0.29, 0.717) is 29.2 Å². The Bertz CT molecular complexity index is 1030. The maximum absolute atomic E-state index is 12.6. The first-order chi connectivity index (χ1) is 14.1. The SMILES string of the molecule is CCOc1cc(/C=N\NC(=O)c2ccccc2-n2cccc2)ccc1OC(C)=O. The molecule has 1 amide bonds. The summed E-state index contributed by atoms with van der Waals surface area (Å²) < 4.78 is 12.5. The molecule has 0 atom stereocenters. The lowest BCUT2D eigenvalue weighted by Crippen LogP contribution is -2.19. The Kier molecular flexibility index (Phi) is 6.42. The van der Waals surface area contributed by atoms with Crippen molar-refractivity contribution < 1.29 is 19.1 Å². The molecule has 0 saturated heterocycles. The van der Waals surface area contributed by atoms with Gasteiger partial charge in [-0.3, -0.25) is 9.59 Å². The maximum Gasteiger partial charge on any atom is 0.308 e. The highest BCUT2D eigenvalue weighted by Crippen LogP contribution is 2.28. The van der Waals surface area contributed by atoms with Crippen molar-refractivity contribution in [3.63, 3.8) is 0 Å². The third-order valence-corrected chi connectivity index (χ3v) is 3.93. The van der Waals surface area contributed by atoms with E-state index in [1.54, 1.807) is 30.3 Å². The Labute approximate surface area is 168 Å². The molecule has 1 aromatic heterocycles. The van der Waals surface area contributed by atoms with Gasteiger partial charge in [-0.15, -0.1) is 0 Å². The molecule has 0 spiro atoms. The number of hydrogen-bond donors (Lipinski definition) is 1. The van der Waals surface area contributed by atoms with Gasteiger partial charge >= 0.3 is 5.97 Å². The van der Waals surface area contributed by atoms with E-state index in [1.807, 2.05) is 48.1 Å². The number of esters is 1. The molecule has 0 aliphatic rings. The molecule has 0 radical (unpaired) electrons. The van der Waals surface area contributed by atoms with E-state index in [4.69, 9.17) is 9.47 Å². The predicted molar refractivity (Wildman–Crippen MR) is 110 cm³/mol. The van der Waals surface area contributed by atoms with Crippen LogP contribution in [0, 0.1) is 0 Å². The number of benzene rings is 2. The molecule has 7 heteroatoms. The smallest absolute Gasteiger partial charge is 0.308 e. The average molecular weight is 391 g/mol. The number of carbonyl (C=O) groups is 2. The minimum absolute atomic E-state index is 0.327. The summed E-state index contributed by atoms with van der Waals surface area (Å²) in [6.07, 6.45) is 5.24. The van der Waals surface area contributed by atoms with Gasteiger partial charge in [0.25, 0.3) is 5.91 Å². The second-order valence-corrected chi connectivity index (χ2v) is 6.04. The van der Waals surface area contributed by atoms with Crippen LogP contribution in [-0.4, -0.2) is 29.3 Å². The van der Waals surface area contributed by atoms with Crippen LogP contribution >= 0.6 is 0 Å². The van der Waals surface area contributed by atoms with Crippen LogP contribution in [0.1, 0.15) is 29.8 Å². The molecule has 1 N–H and O–H groups in total. The molecule has 0 saturated carbocycles. The summed E-state index contributed by atoms with van der Waals surface area (Å²) in [5.41, 5.74) is 4.48. The van der Waals surface area contributed by atoms with E-state index >= 15 is 0 Å². The van der Waals surface area contributed by atoms with E-state index in [9.17, 15) is 9.59 Å².